The van der Waals surface area contributed by atoms with Gasteiger partial charge >= 0.3 is 0 Å². The van der Waals surface area contributed by atoms with E-state index in [1.165, 1.54) is 0 Å². The summed E-state index contributed by atoms with van der Waals surface area (Å²) < 4.78 is 0. The second-order valence-electron chi connectivity index (χ2n) is 3.73. The Hall–Kier alpha value is -1.09. The van der Waals surface area contributed by atoms with E-state index < -0.39 is 0 Å². The van der Waals surface area contributed by atoms with E-state index in [0.29, 0.717) is 5.92 Å². The maximum Gasteiger partial charge on any atom is 0.128 e. The predicted octanol–water partition coefficient (Wildman–Crippen LogP) is 1.37. The molecule has 1 aromatic rings. The van der Waals surface area contributed by atoms with Gasteiger partial charge in [0.2, 0.25) is 0 Å². The largest absolute Gasteiger partial charge is 0.359 e. The van der Waals surface area contributed by atoms with Crippen LogP contribution in [0.1, 0.15) is 6.92 Å². The fraction of sp³-hybridized carbons (Fsp3) is 0.545. The number of rotatable bonds is 5. The highest BCUT2D eigenvalue weighted by Gasteiger charge is 2.06. The van der Waals surface area contributed by atoms with Crippen molar-refractivity contribution in [2.24, 2.45) is 5.92 Å². The summed E-state index contributed by atoms with van der Waals surface area (Å²) in [6.07, 6.45) is 1.83. The van der Waals surface area contributed by atoms with Crippen molar-refractivity contribution < 1.29 is 0 Å². The topological polar surface area (TPSA) is 28.2 Å². The Morgan fingerprint density at radius 2 is 2.29 bits per heavy atom. The van der Waals surface area contributed by atoms with E-state index in [1.54, 1.807) is 0 Å². The van der Waals surface area contributed by atoms with E-state index in [0.717, 1.165) is 18.9 Å². The zero-order chi connectivity index (χ0) is 10.4. The number of aromatic nitrogens is 1. The molecule has 1 aromatic heterocycles. The molecule has 3 heteroatoms. The Balaban J connectivity index is 2.46. The van der Waals surface area contributed by atoms with Crippen LogP contribution in [0.2, 0.25) is 0 Å². The molecule has 0 fully saturated rings. The molecule has 3 nitrogen and oxygen atoms in total. The molecule has 14 heavy (non-hydrogen) atoms. The second-order valence-corrected chi connectivity index (χ2v) is 3.73. The predicted molar refractivity (Wildman–Crippen MR) is 60.6 cm³/mol. The number of pyridine rings is 1. The van der Waals surface area contributed by atoms with E-state index in [1.807, 2.05) is 31.4 Å². The molecule has 0 bridgehead atoms. The minimum atomic E-state index is 0.631. The molecule has 1 N–H and O–H groups in total. The van der Waals surface area contributed by atoms with Gasteiger partial charge in [-0.2, -0.15) is 0 Å². The molecule has 0 aliphatic rings. The summed E-state index contributed by atoms with van der Waals surface area (Å²) in [5, 5.41) is 3.18. The van der Waals surface area contributed by atoms with Crippen molar-refractivity contribution in [1.82, 2.24) is 10.3 Å². The first kappa shape index (κ1) is 11.0. The molecule has 0 radical (unpaired) electrons. The molecule has 0 saturated heterocycles. The average molecular weight is 193 g/mol. The highest BCUT2D eigenvalue weighted by molar-refractivity contribution is 5.36. The summed E-state index contributed by atoms with van der Waals surface area (Å²) in [6.45, 7) is 4.30. The van der Waals surface area contributed by atoms with Gasteiger partial charge in [0, 0.05) is 19.8 Å². The van der Waals surface area contributed by atoms with Crippen LogP contribution in [-0.4, -0.2) is 32.2 Å². The SMILES string of the molecule is CNCC(C)CN(C)c1ccccn1. The minimum absolute atomic E-state index is 0.631. The molecule has 1 unspecified atom stereocenters. The number of nitrogens with zero attached hydrogens (tertiary/aromatic N) is 2. The Morgan fingerprint density at radius 1 is 1.50 bits per heavy atom. The third-order valence-electron chi connectivity index (χ3n) is 2.18. The minimum Gasteiger partial charge on any atom is -0.359 e. The van der Waals surface area contributed by atoms with Gasteiger partial charge in [0.15, 0.2) is 0 Å². The molecular weight excluding hydrogens is 174 g/mol. The van der Waals surface area contributed by atoms with E-state index in [2.05, 4.69) is 29.2 Å². The monoisotopic (exact) mass is 193 g/mol. The van der Waals surface area contributed by atoms with Crippen LogP contribution >= 0.6 is 0 Å². The van der Waals surface area contributed by atoms with Crippen LogP contribution in [0, 0.1) is 5.92 Å². The average Bonchev–Trinajstić information content (AvgIpc) is 2.19. The van der Waals surface area contributed by atoms with Gasteiger partial charge in [-0.05, 0) is 31.6 Å². The molecule has 0 spiro atoms. The molecular formula is C11H19N3. The lowest BCUT2D eigenvalue weighted by molar-refractivity contribution is 0.541. The van der Waals surface area contributed by atoms with Crippen LogP contribution in [0.15, 0.2) is 24.4 Å². The second kappa shape index (κ2) is 5.60. The van der Waals surface area contributed by atoms with Crippen molar-refractivity contribution in [2.75, 3.05) is 32.1 Å². The van der Waals surface area contributed by atoms with Crippen molar-refractivity contribution in [3.05, 3.63) is 24.4 Å². The summed E-state index contributed by atoms with van der Waals surface area (Å²) in [4.78, 5) is 6.48. The first-order valence-corrected chi connectivity index (χ1v) is 5.00. The van der Waals surface area contributed by atoms with Crippen molar-refractivity contribution in [1.29, 1.82) is 0 Å². The summed E-state index contributed by atoms with van der Waals surface area (Å²) in [5.41, 5.74) is 0. The lowest BCUT2D eigenvalue weighted by Crippen LogP contribution is -2.29. The Labute approximate surface area is 86.2 Å². The van der Waals surface area contributed by atoms with Gasteiger partial charge in [-0.3, -0.25) is 0 Å². The molecule has 0 aromatic carbocycles. The molecule has 0 aliphatic carbocycles. The maximum atomic E-state index is 4.30. The fourth-order valence-electron chi connectivity index (χ4n) is 1.55. The normalized spacial score (nSPS) is 12.5. The third kappa shape index (κ3) is 3.34. The number of nitrogens with one attached hydrogen (secondary N) is 1. The van der Waals surface area contributed by atoms with Gasteiger partial charge in [0.05, 0.1) is 0 Å². The summed E-state index contributed by atoms with van der Waals surface area (Å²) in [5.74, 6) is 1.67. The molecule has 0 aliphatic heterocycles. The fourth-order valence-corrected chi connectivity index (χ4v) is 1.55. The Kier molecular flexibility index (Phi) is 4.40. The van der Waals surface area contributed by atoms with Crippen LogP contribution in [0.4, 0.5) is 5.82 Å². The van der Waals surface area contributed by atoms with E-state index >= 15 is 0 Å². The number of anilines is 1. The van der Waals surface area contributed by atoms with Crippen LogP contribution in [-0.2, 0) is 0 Å². The number of hydrogen-bond acceptors (Lipinski definition) is 3. The molecule has 0 amide bonds. The first-order valence-electron chi connectivity index (χ1n) is 5.00. The Morgan fingerprint density at radius 3 is 2.86 bits per heavy atom. The van der Waals surface area contributed by atoms with E-state index in [4.69, 9.17) is 0 Å². The van der Waals surface area contributed by atoms with Gasteiger partial charge in [0.1, 0.15) is 5.82 Å². The zero-order valence-electron chi connectivity index (χ0n) is 9.20. The molecule has 1 atom stereocenters. The summed E-state index contributed by atoms with van der Waals surface area (Å²) >= 11 is 0. The van der Waals surface area contributed by atoms with Crippen LogP contribution in [0.3, 0.4) is 0 Å². The number of hydrogen-bond donors (Lipinski definition) is 1. The van der Waals surface area contributed by atoms with Gasteiger partial charge < -0.3 is 10.2 Å². The summed E-state index contributed by atoms with van der Waals surface area (Å²) in [6, 6.07) is 5.99. The quantitative estimate of drug-likeness (QED) is 0.765. The van der Waals surface area contributed by atoms with Crippen LogP contribution in [0.25, 0.3) is 0 Å². The van der Waals surface area contributed by atoms with Crippen molar-refractivity contribution in [3.63, 3.8) is 0 Å². The van der Waals surface area contributed by atoms with Gasteiger partial charge in [0.25, 0.3) is 0 Å². The van der Waals surface area contributed by atoms with Crippen molar-refractivity contribution in [3.8, 4) is 0 Å². The highest BCUT2D eigenvalue weighted by atomic mass is 15.2. The molecule has 0 saturated carbocycles. The summed E-state index contributed by atoms with van der Waals surface area (Å²) in [7, 11) is 4.06. The lowest BCUT2D eigenvalue weighted by Gasteiger charge is -2.22. The van der Waals surface area contributed by atoms with Crippen molar-refractivity contribution in [2.45, 2.75) is 6.92 Å². The Bertz CT molecular complexity index is 248. The zero-order valence-corrected chi connectivity index (χ0v) is 9.20. The highest BCUT2D eigenvalue weighted by Crippen LogP contribution is 2.08. The lowest BCUT2D eigenvalue weighted by atomic mass is 10.1. The van der Waals surface area contributed by atoms with Gasteiger partial charge in [-0.25, -0.2) is 4.98 Å². The van der Waals surface area contributed by atoms with Crippen molar-refractivity contribution >= 4 is 5.82 Å². The maximum absolute atomic E-state index is 4.30. The molecule has 1 rings (SSSR count). The smallest absolute Gasteiger partial charge is 0.128 e. The van der Waals surface area contributed by atoms with E-state index in [9.17, 15) is 0 Å². The standard InChI is InChI=1S/C11H19N3/c1-10(8-12-2)9-14(3)11-6-4-5-7-13-11/h4-7,10,12H,8-9H2,1-3H3. The molecule has 1 heterocycles. The van der Waals surface area contributed by atoms with Crippen LogP contribution in [0.5, 0.6) is 0 Å². The van der Waals surface area contributed by atoms with Gasteiger partial charge in [-0.1, -0.05) is 13.0 Å². The first-order chi connectivity index (χ1) is 6.74. The van der Waals surface area contributed by atoms with Crippen LogP contribution < -0.4 is 10.2 Å². The van der Waals surface area contributed by atoms with E-state index in [-0.39, 0.29) is 0 Å². The third-order valence-corrected chi connectivity index (χ3v) is 2.18. The molecule has 78 valence electrons. The van der Waals surface area contributed by atoms with Gasteiger partial charge in [-0.15, -0.1) is 0 Å².